The van der Waals surface area contributed by atoms with Gasteiger partial charge in [0.1, 0.15) is 5.82 Å². The maximum atomic E-state index is 5.35. The predicted octanol–water partition coefficient (Wildman–Crippen LogP) is 3.35. The number of nitrogens with zero attached hydrogens (tertiary/aromatic N) is 2. The van der Waals surface area contributed by atoms with Gasteiger partial charge in [-0.05, 0) is 32.0 Å². The second-order valence-corrected chi connectivity index (χ2v) is 5.47. The fourth-order valence-electron chi connectivity index (χ4n) is 2.58. The van der Waals surface area contributed by atoms with E-state index in [2.05, 4.69) is 35.5 Å². The molecule has 1 heterocycles. The van der Waals surface area contributed by atoms with Gasteiger partial charge in [0.2, 0.25) is 0 Å². The first-order valence-electron chi connectivity index (χ1n) is 5.72. The molecule has 0 aromatic carbocycles. The van der Waals surface area contributed by atoms with Gasteiger partial charge in [0.15, 0.2) is 4.77 Å². The standard InChI is InChI=1S/C11H19N3S/c1-8(2)9-12-13-10(15)14(9)11(3)6-4-5-7-11/h8H,4-7H2,1-3H3,(H,13,15). The molecule has 84 valence electrons. The molecule has 0 spiro atoms. The van der Waals surface area contributed by atoms with Gasteiger partial charge in [0.05, 0.1) is 0 Å². The maximum absolute atomic E-state index is 5.35. The third-order valence-corrected chi connectivity index (χ3v) is 3.71. The van der Waals surface area contributed by atoms with Crippen LogP contribution < -0.4 is 0 Å². The third kappa shape index (κ3) is 1.75. The smallest absolute Gasteiger partial charge is 0.195 e. The Morgan fingerprint density at radius 3 is 2.53 bits per heavy atom. The van der Waals surface area contributed by atoms with Gasteiger partial charge < -0.3 is 0 Å². The van der Waals surface area contributed by atoms with Crippen LogP contribution in [0, 0.1) is 4.77 Å². The van der Waals surface area contributed by atoms with Gasteiger partial charge in [0.25, 0.3) is 0 Å². The minimum Gasteiger partial charge on any atom is -0.298 e. The highest BCUT2D eigenvalue weighted by molar-refractivity contribution is 7.71. The Labute approximate surface area is 95.9 Å². The number of aromatic nitrogens is 3. The fraction of sp³-hybridized carbons (Fsp3) is 0.818. The molecule has 1 saturated carbocycles. The van der Waals surface area contributed by atoms with Gasteiger partial charge in [-0.15, -0.1) is 0 Å². The molecule has 0 aliphatic heterocycles. The summed E-state index contributed by atoms with van der Waals surface area (Å²) in [7, 11) is 0. The first kappa shape index (κ1) is 10.9. The minimum atomic E-state index is 0.198. The van der Waals surface area contributed by atoms with E-state index >= 15 is 0 Å². The van der Waals surface area contributed by atoms with Crippen molar-refractivity contribution in [3.8, 4) is 0 Å². The molecular formula is C11H19N3S. The van der Waals surface area contributed by atoms with Crippen molar-refractivity contribution in [2.75, 3.05) is 0 Å². The summed E-state index contributed by atoms with van der Waals surface area (Å²) in [5, 5.41) is 7.29. The van der Waals surface area contributed by atoms with Gasteiger partial charge in [-0.25, -0.2) is 0 Å². The molecule has 1 aliphatic carbocycles. The molecule has 0 unspecified atom stereocenters. The summed E-state index contributed by atoms with van der Waals surface area (Å²) < 4.78 is 3.03. The Balaban J connectivity index is 2.50. The molecule has 1 N–H and O–H groups in total. The van der Waals surface area contributed by atoms with E-state index in [0.29, 0.717) is 5.92 Å². The lowest BCUT2D eigenvalue weighted by atomic mass is 9.99. The van der Waals surface area contributed by atoms with Crippen LogP contribution >= 0.6 is 12.2 Å². The summed E-state index contributed by atoms with van der Waals surface area (Å²) in [6.07, 6.45) is 5.06. The van der Waals surface area contributed by atoms with Crippen LogP contribution in [-0.4, -0.2) is 14.8 Å². The van der Waals surface area contributed by atoms with E-state index in [9.17, 15) is 0 Å². The van der Waals surface area contributed by atoms with Gasteiger partial charge in [0, 0.05) is 11.5 Å². The average molecular weight is 225 g/mol. The van der Waals surface area contributed by atoms with E-state index < -0.39 is 0 Å². The first-order valence-corrected chi connectivity index (χ1v) is 6.13. The lowest BCUT2D eigenvalue weighted by Gasteiger charge is -2.27. The van der Waals surface area contributed by atoms with Gasteiger partial charge in [-0.2, -0.15) is 5.10 Å². The van der Waals surface area contributed by atoms with E-state index in [1.54, 1.807) is 0 Å². The monoisotopic (exact) mass is 225 g/mol. The lowest BCUT2D eigenvalue weighted by molar-refractivity contribution is 0.310. The summed E-state index contributed by atoms with van der Waals surface area (Å²) in [4.78, 5) is 0. The van der Waals surface area contributed by atoms with Crippen molar-refractivity contribution in [1.82, 2.24) is 14.8 Å². The molecule has 0 bridgehead atoms. The topological polar surface area (TPSA) is 33.6 Å². The average Bonchev–Trinajstić information content (AvgIpc) is 2.72. The highest BCUT2D eigenvalue weighted by Crippen LogP contribution is 2.37. The van der Waals surface area contributed by atoms with E-state index in [4.69, 9.17) is 12.2 Å². The van der Waals surface area contributed by atoms with E-state index in [-0.39, 0.29) is 5.54 Å². The van der Waals surface area contributed by atoms with Crippen LogP contribution in [0.5, 0.6) is 0 Å². The summed E-state index contributed by atoms with van der Waals surface area (Å²) in [6, 6.07) is 0. The molecule has 0 amide bonds. The van der Waals surface area contributed by atoms with E-state index in [1.807, 2.05) is 0 Å². The predicted molar refractivity (Wildman–Crippen MR) is 63.6 cm³/mol. The second-order valence-electron chi connectivity index (χ2n) is 5.08. The van der Waals surface area contributed by atoms with Crippen molar-refractivity contribution >= 4 is 12.2 Å². The Morgan fingerprint density at radius 2 is 2.00 bits per heavy atom. The molecule has 3 nitrogen and oxygen atoms in total. The number of hydrogen-bond acceptors (Lipinski definition) is 2. The SMILES string of the molecule is CC(C)c1n[nH]c(=S)n1C1(C)CCCC1. The quantitative estimate of drug-likeness (QED) is 0.783. The summed E-state index contributed by atoms with van der Waals surface area (Å²) >= 11 is 5.35. The van der Waals surface area contributed by atoms with Gasteiger partial charge in [-0.1, -0.05) is 26.7 Å². The zero-order valence-corrected chi connectivity index (χ0v) is 10.5. The highest BCUT2D eigenvalue weighted by atomic mass is 32.1. The first-order chi connectivity index (χ1) is 7.04. The third-order valence-electron chi connectivity index (χ3n) is 3.44. The highest BCUT2D eigenvalue weighted by Gasteiger charge is 2.33. The zero-order chi connectivity index (χ0) is 11.1. The molecule has 15 heavy (non-hydrogen) atoms. The van der Waals surface area contributed by atoms with Crippen molar-refractivity contribution in [3.05, 3.63) is 10.6 Å². The minimum absolute atomic E-state index is 0.198. The Morgan fingerprint density at radius 1 is 1.40 bits per heavy atom. The Bertz CT molecular complexity index is 396. The van der Waals surface area contributed by atoms with Crippen LogP contribution in [0.2, 0.25) is 0 Å². The molecule has 4 heteroatoms. The molecule has 1 aromatic heterocycles. The summed E-state index contributed by atoms with van der Waals surface area (Å²) in [5.74, 6) is 1.53. The van der Waals surface area contributed by atoms with Crippen LogP contribution in [-0.2, 0) is 5.54 Å². The second kappa shape index (κ2) is 3.74. The van der Waals surface area contributed by atoms with Crippen molar-refractivity contribution < 1.29 is 0 Å². The van der Waals surface area contributed by atoms with Crippen molar-refractivity contribution in [2.45, 2.75) is 57.9 Å². The van der Waals surface area contributed by atoms with Crippen LogP contribution in [0.3, 0.4) is 0 Å². The summed E-state index contributed by atoms with van der Waals surface area (Å²) in [6.45, 7) is 6.64. The molecule has 1 aromatic rings. The zero-order valence-electron chi connectivity index (χ0n) is 9.71. The van der Waals surface area contributed by atoms with Crippen molar-refractivity contribution in [3.63, 3.8) is 0 Å². The lowest BCUT2D eigenvalue weighted by Crippen LogP contribution is -2.28. The van der Waals surface area contributed by atoms with Crippen molar-refractivity contribution in [2.24, 2.45) is 0 Å². The van der Waals surface area contributed by atoms with E-state index in [0.717, 1.165) is 10.6 Å². The number of aromatic amines is 1. The Hall–Kier alpha value is -0.640. The molecular weight excluding hydrogens is 206 g/mol. The molecule has 0 saturated heterocycles. The fourth-order valence-corrected chi connectivity index (χ4v) is 2.94. The number of nitrogens with one attached hydrogen (secondary N) is 1. The largest absolute Gasteiger partial charge is 0.298 e. The van der Waals surface area contributed by atoms with Gasteiger partial charge in [-0.3, -0.25) is 9.67 Å². The molecule has 1 aliphatic rings. The molecule has 0 atom stereocenters. The maximum Gasteiger partial charge on any atom is 0.195 e. The molecule has 0 radical (unpaired) electrons. The van der Waals surface area contributed by atoms with Crippen molar-refractivity contribution in [1.29, 1.82) is 0 Å². The Kier molecular flexibility index (Phi) is 2.71. The van der Waals surface area contributed by atoms with Crippen LogP contribution in [0.1, 0.15) is 58.2 Å². The normalized spacial score (nSPS) is 20.0. The van der Waals surface area contributed by atoms with E-state index in [1.165, 1.54) is 25.7 Å². The molecule has 1 fully saturated rings. The summed E-state index contributed by atoms with van der Waals surface area (Å²) in [5.41, 5.74) is 0.198. The number of rotatable bonds is 2. The van der Waals surface area contributed by atoms with Crippen LogP contribution in [0.15, 0.2) is 0 Å². The molecule has 2 rings (SSSR count). The van der Waals surface area contributed by atoms with Crippen LogP contribution in [0.25, 0.3) is 0 Å². The van der Waals surface area contributed by atoms with Gasteiger partial charge >= 0.3 is 0 Å². The van der Waals surface area contributed by atoms with Crippen LogP contribution in [0.4, 0.5) is 0 Å². The number of hydrogen-bond donors (Lipinski definition) is 1. The number of H-pyrrole nitrogens is 1.